The second kappa shape index (κ2) is 6.37. The topological polar surface area (TPSA) is 66.6 Å². The molecular formula is C14H19ClN2O2. The average Bonchev–Trinajstić information content (AvgIpc) is 2.36. The molecule has 19 heavy (non-hydrogen) atoms. The largest absolute Gasteiger partial charge is 0.481 e. The highest BCUT2D eigenvalue weighted by Crippen LogP contribution is 2.27. The van der Waals surface area contributed by atoms with Crippen LogP contribution in [0.2, 0.25) is 5.02 Å². The second-order valence-corrected chi connectivity index (χ2v) is 5.58. The number of nitrogens with zero attached hydrogens (tertiary/aromatic N) is 1. The van der Waals surface area contributed by atoms with Crippen LogP contribution in [0.4, 0.5) is 0 Å². The summed E-state index contributed by atoms with van der Waals surface area (Å²) in [5, 5.41) is 9.48. The predicted molar refractivity (Wildman–Crippen MR) is 75.5 cm³/mol. The van der Waals surface area contributed by atoms with Gasteiger partial charge in [-0.05, 0) is 30.0 Å². The number of hydrogen-bond donors (Lipinski definition) is 2. The van der Waals surface area contributed by atoms with Crippen LogP contribution >= 0.6 is 11.6 Å². The number of halogens is 1. The summed E-state index contributed by atoms with van der Waals surface area (Å²) in [6.07, 6.45) is 1.10. The van der Waals surface area contributed by atoms with E-state index < -0.39 is 5.97 Å². The van der Waals surface area contributed by atoms with Crippen LogP contribution in [0, 0.1) is 0 Å². The second-order valence-electron chi connectivity index (χ2n) is 5.15. The number of carbonyl (C=O) groups is 1. The summed E-state index contributed by atoms with van der Waals surface area (Å²) in [4.78, 5) is 12.8. The molecule has 3 N–H and O–H groups in total. The van der Waals surface area contributed by atoms with E-state index in [2.05, 4.69) is 4.90 Å². The minimum atomic E-state index is -0.762. The van der Waals surface area contributed by atoms with Crippen molar-refractivity contribution in [3.8, 4) is 0 Å². The number of rotatable bonds is 4. The monoisotopic (exact) mass is 282 g/mol. The molecule has 1 aromatic rings. The van der Waals surface area contributed by atoms with Gasteiger partial charge in [-0.15, -0.1) is 0 Å². The van der Waals surface area contributed by atoms with Gasteiger partial charge in [0.05, 0.1) is 6.42 Å². The molecular weight excluding hydrogens is 264 g/mol. The van der Waals surface area contributed by atoms with Crippen molar-refractivity contribution in [1.82, 2.24) is 4.90 Å². The van der Waals surface area contributed by atoms with Crippen LogP contribution in [-0.4, -0.2) is 41.7 Å². The van der Waals surface area contributed by atoms with Crippen LogP contribution in [0.5, 0.6) is 0 Å². The molecule has 1 aromatic carbocycles. The van der Waals surface area contributed by atoms with Crippen molar-refractivity contribution in [1.29, 1.82) is 0 Å². The Kier molecular flexibility index (Phi) is 4.80. The van der Waals surface area contributed by atoms with Crippen molar-refractivity contribution in [3.63, 3.8) is 0 Å². The third kappa shape index (κ3) is 4.20. The van der Waals surface area contributed by atoms with Gasteiger partial charge < -0.3 is 15.7 Å². The summed E-state index contributed by atoms with van der Waals surface area (Å²) in [5.74, 6) is -0.406. The lowest BCUT2D eigenvalue weighted by Crippen LogP contribution is -2.46. The van der Waals surface area contributed by atoms with Crippen LogP contribution in [0.25, 0.3) is 0 Å². The summed E-state index contributed by atoms with van der Waals surface area (Å²) in [5.41, 5.74) is 7.30. The summed E-state index contributed by atoms with van der Waals surface area (Å²) in [6.45, 7) is 2.20. The van der Waals surface area contributed by atoms with Gasteiger partial charge in [-0.2, -0.15) is 0 Å². The molecule has 0 aromatic heterocycles. The standard InChI is InChI=1S/C14H19ClN2O2/c15-12-3-1-10(2-4-12)11-7-13(16)9-17(8-11)6-5-14(18)19/h1-4,11,13H,5-9,16H2,(H,18,19). The number of hydrogen-bond acceptors (Lipinski definition) is 3. The van der Waals surface area contributed by atoms with Crippen LogP contribution < -0.4 is 5.73 Å². The molecule has 0 bridgehead atoms. The van der Waals surface area contributed by atoms with Crippen LogP contribution in [0.15, 0.2) is 24.3 Å². The molecule has 0 aliphatic carbocycles. The van der Waals surface area contributed by atoms with Crippen LogP contribution in [0.3, 0.4) is 0 Å². The normalized spacial score (nSPS) is 24.3. The molecule has 0 saturated carbocycles. The van der Waals surface area contributed by atoms with E-state index in [-0.39, 0.29) is 12.5 Å². The zero-order valence-electron chi connectivity index (χ0n) is 10.8. The van der Waals surface area contributed by atoms with Crippen molar-refractivity contribution < 1.29 is 9.90 Å². The lowest BCUT2D eigenvalue weighted by atomic mass is 9.88. The highest BCUT2D eigenvalue weighted by atomic mass is 35.5. The number of carboxylic acids is 1. The van der Waals surface area contributed by atoms with Crippen molar-refractivity contribution in [2.24, 2.45) is 5.73 Å². The molecule has 0 radical (unpaired) electrons. The molecule has 1 saturated heterocycles. The first-order valence-corrected chi connectivity index (χ1v) is 6.87. The van der Waals surface area contributed by atoms with Crippen molar-refractivity contribution in [3.05, 3.63) is 34.9 Å². The first kappa shape index (κ1) is 14.3. The highest BCUT2D eigenvalue weighted by molar-refractivity contribution is 6.30. The molecule has 0 spiro atoms. The van der Waals surface area contributed by atoms with E-state index in [1.165, 1.54) is 5.56 Å². The fourth-order valence-corrected chi connectivity index (χ4v) is 2.77. The highest BCUT2D eigenvalue weighted by Gasteiger charge is 2.26. The predicted octanol–water partition coefficient (Wildman–Crippen LogP) is 1.93. The maximum absolute atomic E-state index is 10.6. The van der Waals surface area contributed by atoms with Gasteiger partial charge in [0.1, 0.15) is 0 Å². The third-order valence-electron chi connectivity index (χ3n) is 3.54. The molecule has 1 aliphatic heterocycles. The van der Waals surface area contributed by atoms with Gasteiger partial charge in [0.25, 0.3) is 0 Å². The molecule has 2 unspecified atom stereocenters. The number of likely N-dealkylation sites (tertiary alicyclic amines) is 1. The van der Waals surface area contributed by atoms with E-state index in [1.54, 1.807) is 0 Å². The van der Waals surface area contributed by atoms with Gasteiger partial charge in [0.2, 0.25) is 0 Å². The van der Waals surface area contributed by atoms with Crippen molar-refractivity contribution >= 4 is 17.6 Å². The Morgan fingerprint density at radius 1 is 1.37 bits per heavy atom. The number of aliphatic carboxylic acids is 1. The van der Waals surface area contributed by atoms with E-state index in [1.807, 2.05) is 24.3 Å². The third-order valence-corrected chi connectivity index (χ3v) is 3.79. The molecule has 4 nitrogen and oxygen atoms in total. The van der Waals surface area contributed by atoms with Crippen molar-refractivity contribution in [2.45, 2.75) is 24.8 Å². The molecule has 5 heteroatoms. The Labute approximate surface area is 118 Å². The Bertz CT molecular complexity index is 436. The van der Waals surface area contributed by atoms with Crippen LogP contribution in [-0.2, 0) is 4.79 Å². The Morgan fingerprint density at radius 2 is 2.05 bits per heavy atom. The van der Waals surface area contributed by atoms with Gasteiger partial charge in [-0.3, -0.25) is 4.79 Å². The summed E-state index contributed by atoms with van der Waals surface area (Å²) >= 11 is 5.89. The Balaban J connectivity index is 2.00. The molecule has 104 valence electrons. The van der Waals surface area contributed by atoms with Gasteiger partial charge in [-0.25, -0.2) is 0 Å². The van der Waals surface area contributed by atoms with E-state index in [4.69, 9.17) is 22.4 Å². The SMILES string of the molecule is NC1CC(c2ccc(Cl)cc2)CN(CCC(=O)O)C1. The zero-order chi connectivity index (χ0) is 13.8. The van der Waals surface area contributed by atoms with Crippen molar-refractivity contribution in [2.75, 3.05) is 19.6 Å². The van der Waals surface area contributed by atoms with E-state index >= 15 is 0 Å². The summed E-state index contributed by atoms with van der Waals surface area (Å²) in [6, 6.07) is 7.93. The number of benzene rings is 1. The quantitative estimate of drug-likeness (QED) is 0.886. The number of carboxylic acid groups (broad SMARTS) is 1. The van der Waals surface area contributed by atoms with E-state index in [9.17, 15) is 4.79 Å². The molecule has 2 rings (SSSR count). The summed E-state index contributed by atoms with van der Waals surface area (Å²) in [7, 11) is 0. The van der Waals surface area contributed by atoms with Gasteiger partial charge in [0, 0.05) is 30.7 Å². The zero-order valence-corrected chi connectivity index (χ0v) is 11.5. The molecule has 0 amide bonds. The lowest BCUT2D eigenvalue weighted by molar-refractivity contribution is -0.137. The Morgan fingerprint density at radius 3 is 2.68 bits per heavy atom. The first-order chi connectivity index (χ1) is 9.04. The minimum Gasteiger partial charge on any atom is -0.481 e. The van der Waals surface area contributed by atoms with Gasteiger partial charge in [0.15, 0.2) is 0 Å². The van der Waals surface area contributed by atoms with Gasteiger partial charge in [-0.1, -0.05) is 23.7 Å². The van der Waals surface area contributed by atoms with Crippen LogP contribution in [0.1, 0.15) is 24.3 Å². The first-order valence-electron chi connectivity index (χ1n) is 6.50. The number of piperidine rings is 1. The summed E-state index contributed by atoms with van der Waals surface area (Å²) < 4.78 is 0. The minimum absolute atomic E-state index is 0.100. The molecule has 1 heterocycles. The molecule has 1 aliphatic rings. The fraction of sp³-hybridized carbons (Fsp3) is 0.500. The smallest absolute Gasteiger partial charge is 0.304 e. The maximum atomic E-state index is 10.6. The lowest BCUT2D eigenvalue weighted by Gasteiger charge is -2.36. The van der Waals surface area contributed by atoms with Gasteiger partial charge >= 0.3 is 5.97 Å². The Hall–Kier alpha value is -1.10. The molecule has 2 atom stereocenters. The molecule has 1 fully saturated rings. The van der Waals surface area contributed by atoms with E-state index in [0.717, 1.165) is 24.5 Å². The number of nitrogens with two attached hydrogens (primary N) is 1. The average molecular weight is 283 g/mol. The fourth-order valence-electron chi connectivity index (χ4n) is 2.65. The maximum Gasteiger partial charge on any atom is 0.304 e. The van der Waals surface area contributed by atoms with E-state index in [0.29, 0.717) is 12.5 Å².